The highest BCUT2D eigenvalue weighted by Gasteiger charge is 2.42. The van der Waals surface area contributed by atoms with Crippen molar-refractivity contribution >= 4 is 17.3 Å². The Balaban J connectivity index is 1.74. The summed E-state index contributed by atoms with van der Waals surface area (Å²) in [6, 6.07) is 3.15. The summed E-state index contributed by atoms with van der Waals surface area (Å²) in [4.78, 5) is 13.5. The topological polar surface area (TPSA) is 72.8 Å². The van der Waals surface area contributed by atoms with E-state index < -0.39 is 17.8 Å². The SMILES string of the molecule is O=C1Nc2cc(N3C4CCC3CC(O)C4)c(F)cc2C1O. The molecule has 3 aliphatic heterocycles. The maximum absolute atomic E-state index is 14.4. The van der Waals surface area contributed by atoms with Gasteiger partial charge in [0.2, 0.25) is 0 Å². The van der Waals surface area contributed by atoms with Gasteiger partial charge >= 0.3 is 0 Å². The Morgan fingerprint density at radius 1 is 1.19 bits per heavy atom. The first-order valence-corrected chi connectivity index (χ1v) is 7.33. The summed E-state index contributed by atoms with van der Waals surface area (Å²) >= 11 is 0. The maximum Gasteiger partial charge on any atom is 0.257 e. The highest BCUT2D eigenvalue weighted by Crippen LogP contribution is 2.43. The van der Waals surface area contributed by atoms with Crippen LogP contribution in [0.3, 0.4) is 0 Å². The van der Waals surface area contributed by atoms with E-state index in [0.29, 0.717) is 29.8 Å². The van der Waals surface area contributed by atoms with Gasteiger partial charge in [0.1, 0.15) is 5.82 Å². The second kappa shape index (κ2) is 4.42. The summed E-state index contributed by atoms with van der Waals surface area (Å²) in [6.07, 6.45) is 1.62. The average Bonchev–Trinajstić information content (AvgIpc) is 2.85. The first kappa shape index (κ1) is 13.0. The number of amides is 1. The Morgan fingerprint density at radius 3 is 2.52 bits per heavy atom. The number of nitrogens with zero attached hydrogens (tertiary/aromatic N) is 1. The smallest absolute Gasteiger partial charge is 0.257 e. The summed E-state index contributed by atoms with van der Waals surface area (Å²) in [6.45, 7) is 0. The van der Waals surface area contributed by atoms with Crippen LogP contribution in [-0.2, 0) is 4.79 Å². The Morgan fingerprint density at radius 2 is 1.86 bits per heavy atom. The molecule has 21 heavy (non-hydrogen) atoms. The zero-order valence-corrected chi connectivity index (χ0v) is 11.4. The minimum atomic E-state index is -1.29. The van der Waals surface area contributed by atoms with Crippen LogP contribution in [-0.4, -0.2) is 34.3 Å². The first-order valence-electron chi connectivity index (χ1n) is 7.33. The second-order valence-electron chi connectivity index (χ2n) is 6.20. The molecule has 3 aliphatic rings. The highest BCUT2D eigenvalue weighted by atomic mass is 19.1. The molecule has 0 spiro atoms. The van der Waals surface area contributed by atoms with Gasteiger partial charge in [0.25, 0.3) is 5.91 Å². The van der Waals surface area contributed by atoms with Crippen molar-refractivity contribution in [2.75, 3.05) is 10.2 Å². The van der Waals surface area contributed by atoms with E-state index in [1.165, 1.54) is 6.07 Å². The van der Waals surface area contributed by atoms with Crippen molar-refractivity contribution in [2.24, 2.45) is 0 Å². The van der Waals surface area contributed by atoms with E-state index in [1.807, 2.05) is 4.90 Å². The van der Waals surface area contributed by atoms with Gasteiger partial charge in [0.15, 0.2) is 6.10 Å². The zero-order valence-electron chi connectivity index (χ0n) is 11.4. The molecule has 4 rings (SSSR count). The third-order valence-electron chi connectivity index (χ3n) is 4.91. The molecule has 3 heterocycles. The van der Waals surface area contributed by atoms with Gasteiger partial charge in [0.05, 0.1) is 11.8 Å². The van der Waals surface area contributed by atoms with E-state index >= 15 is 0 Å². The van der Waals surface area contributed by atoms with Crippen LogP contribution in [0.5, 0.6) is 0 Å². The number of rotatable bonds is 1. The standard InChI is InChI=1S/C15H17FN2O3/c16-11-5-10-12(17-15(21)14(10)20)6-13(11)18-7-1-2-8(18)4-9(19)3-7/h5-9,14,19-20H,1-4H2,(H,17,21). The lowest BCUT2D eigenvalue weighted by Gasteiger charge is -2.39. The molecule has 3 N–H and O–H groups in total. The van der Waals surface area contributed by atoms with Crippen LogP contribution in [0.1, 0.15) is 37.4 Å². The number of hydrogen-bond donors (Lipinski definition) is 3. The molecule has 0 radical (unpaired) electrons. The molecule has 1 aromatic carbocycles. The number of fused-ring (bicyclic) bond motifs is 3. The van der Waals surface area contributed by atoms with E-state index in [-0.39, 0.29) is 18.2 Å². The van der Waals surface area contributed by atoms with Gasteiger partial charge in [-0.2, -0.15) is 0 Å². The summed E-state index contributed by atoms with van der Waals surface area (Å²) in [7, 11) is 0. The van der Waals surface area contributed by atoms with Crippen LogP contribution in [0, 0.1) is 5.82 Å². The third-order valence-corrected chi connectivity index (χ3v) is 4.91. The van der Waals surface area contributed by atoms with Crippen LogP contribution in [0.25, 0.3) is 0 Å². The molecule has 6 heteroatoms. The van der Waals surface area contributed by atoms with E-state index in [0.717, 1.165) is 12.8 Å². The number of hydrogen-bond acceptors (Lipinski definition) is 4. The lowest BCUT2D eigenvalue weighted by Crippen LogP contribution is -2.45. The van der Waals surface area contributed by atoms with E-state index in [2.05, 4.69) is 5.32 Å². The maximum atomic E-state index is 14.4. The van der Waals surface area contributed by atoms with Crippen LogP contribution in [0.4, 0.5) is 15.8 Å². The van der Waals surface area contributed by atoms with Gasteiger partial charge in [-0.15, -0.1) is 0 Å². The highest BCUT2D eigenvalue weighted by molar-refractivity contribution is 6.02. The minimum Gasteiger partial charge on any atom is -0.393 e. The molecule has 2 saturated heterocycles. The number of aliphatic hydroxyl groups excluding tert-OH is 2. The van der Waals surface area contributed by atoms with Gasteiger partial charge in [-0.25, -0.2) is 4.39 Å². The second-order valence-corrected chi connectivity index (χ2v) is 6.20. The van der Waals surface area contributed by atoms with E-state index in [4.69, 9.17) is 0 Å². The van der Waals surface area contributed by atoms with Crippen molar-refractivity contribution in [3.05, 3.63) is 23.5 Å². The van der Waals surface area contributed by atoms with Crippen LogP contribution < -0.4 is 10.2 Å². The Kier molecular flexibility index (Phi) is 2.74. The molecule has 0 aliphatic carbocycles. The number of nitrogens with one attached hydrogen (secondary N) is 1. The van der Waals surface area contributed by atoms with Gasteiger partial charge in [0, 0.05) is 23.3 Å². The van der Waals surface area contributed by atoms with Crippen LogP contribution in [0.2, 0.25) is 0 Å². The molecule has 1 aromatic rings. The molecular weight excluding hydrogens is 275 g/mol. The molecule has 1 amide bonds. The molecule has 3 unspecified atom stereocenters. The monoisotopic (exact) mass is 292 g/mol. The molecule has 2 bridgehead atoms. The fourth-order valence-electron chi connectivity index (χ4n) is 3.99. The predicted molar refractivity (Wildman–Crippen MR) is 74.5 cm³/mol. The molecule has 2 fully saturated rings. The molecule has 0 aromatic heterocycles. The summed E-state index contributed by atoms with van der Waals surface area (Å²) < 4.78 is 14.4. The Hall–Kier alpha value is -1.66. The van der Waals surface area contributed by atoms with E-state index in [1.54, 1.807) is 6.07 Å². The number of piperidine rings is 1. The summed E-state index contributed by atoms with van der Waals surface area (Å²) in [5, 5.41) is 22.1. The van der Waals surface area contributed by atoms with Crippen molar-refractivity contribution in [1.29, 1.82) is 0 Å². The predicted octanol–water partition coefficient (Wildman–Crippen LogP) is 1.30. The molecule has 0 saturated carbocycles. The number of anilines is 2. The van der Waals surface area contributed by atoms with Gasteiger partial charge < -0.3 is 20.4 Å². The molecule has 3 atom stereocenters. The summed E-state index contributed by atoms with van der Waals surface area (Å²) in [5.74, 6) is -0.934. The lowest BCUT2D eigenvalue weighted by molar-refractivity contribution is -0.123. The number of aliphatic hydroxyl groups is 2. The Bertz CT molecular complexity index is 607. The van der Waals surface area contributed by atoms with Crippen LogP contribution >= 0.6 is 0 Å². The fourth-order valence-corrected chi connectivity index (χ4v) is 3.99. The largest absolute Gasteiger partial charge is 0.393 e. The molecule has 5 nitrogen and oxygen atoms in total. The van der Waals surface area contributed by atoms with Crippen LogP contribution in [0.15, 0.2) is 12.1 Å². The van der Waals surface area contributed by atoms with Crippen molar-refractivity contribution in [1.82, 2.24) is 0 Å². The van der Waals surface area contributed by atoms with Crippen molar-refractivity contribution in [3.63, 3.8) is 0 Å². The average molecular weight is 292 g/mol. The number of benzene rings is 1. The van der Waals surface area contributed by atoms with E-state index in [9.17, 15) is 19.4 Å². The van der Waals surface area contributed by atoms with Gasteiger partial charge in [-0.3, -0.25) is 4.79 Å². The molecule has 112 valence electrons. The molecular formula is C15H17FN2O3. The number of halogens is 1. The van der Waals surface area contributed by atoms with Crippen molar-refractivity contribution in [2.45, 2.75) is 50.0 Å². The fraction of sp³-hybridized carbons (Fsp3) is 0.533. The quantitative estimate of drug-likeness (QED) is 0.729. The van der Waals surface area contributed by atoms with Gasteiger partial charge in [-0.05, 0) is 37.8 Å². The third kappa shape index (κ3) is 1.86. The number of carbonyl (C=O) groups excluding carboxylic acids is 1. The zero-order chi connectivity index (χ0) is 14.7. The Labute approximate surface area is 121 Å². The lowest BCUT2D eigenvalue weighted by atomic mass is 9.98. The summed E-state index contributed by atoms with van der Waals surface area (Å²) in [5.41, 5.74) is 1.24. The minimum absolute atomic E-state index is 0.147. The van der Waals surface area contributed by atoms with Crippen molar-refractivity contribution < 1.29 is 19.4 Å². The first-order chi connectivity index (χ1) is 10.0. The normalized spacial score (nSPS) is 34.0. The number of carbonyl (C=O) groups is 1. The van der Waals surface area contributed by atoms with Gasteiger partial charge in [-0.1, -0.05) is 0 Å². The van der Waals surface area contributed by atoms with Crippen molar-refractivity contribution in [3.8, 4) is 0 Å².